The highest BCUT2D eigenvalue weighted by Crippen LogP contribution is 2.06. The van der Waals surface area contributed by atoms with E-state index in [2.05, 4.69) is 15.3 Å². The van der Waals surface area contributed by atoms with Crippen LogP contribution in [0.25, 0.3) is 0 Å². The maximum atomic E-state index is 5.51. The Balaban J connectivity index is 1.97. The number of hydrogen-bond acceptors (Lipinski definition) is 4. The molecular weight excluding hydrogens is 212 g/mol. The molecule has 3 N–H and O–H groups in total. The van der Waals surface area contributed by atoms with Crippen molar-refractivity contribution >= 4 is 5.82 Å². The first-order valence-electron chi connectivity index (χ1n) is 5.68. The topological polar surface area (TPSA) is 63.8 Å². The lowest BCUT2D eigenvalue weighted by Crippen LogP contribution is -2.07. The first-order valence-corrected chi connectivity index (χ1v) is 5.68. The van der Waals surface area contributed by atoms with Crippen LogP contribution in [0.4, 0.5) is 5.82 Å². The van der Waals surface area contributed by atoms with Gasteiger partial charge in [0.2, 0.25) is 0 Å². The van der Waals surface area contributed by atoms with Crippen LogP contribution in [0.15, 0.2) is 42.6 Å². The molecule has 0 atom stereocenters. The first kappa shape index (κ1) is 11.5. The molecule has 0 aromatic carbocycles. The molecule has 2 aromatic heterocycles. The summed E-state index contributed by atoms with van der Waals surface area (Å²) in [4.78, 5) is 8.70. The molecule has 0 unspecified atom stereocenters. The summed E-state index contributed by atoms with van der Waals surface area (Å²) in [6, 6.07) is 11.8. The van der Waals surface area contributed by atoms with Crippen LogP contribution in [0, 0.1) is 0 Å². The van der Waals surface area contributed by atoms with Crippen molar-refractivity contribution in [2.24, 2.45) is 5.73 Å². The van der Waals surface area contributed by atoms with Gasteiger partial charge in [0, 0.05) is 18.3 Å². The zero-order valence-electron chi connectivity index (χ0n) is 9.63. The minimum absolute atomic E-state index is 0.622. The third-order valence-corrected chi connectivity index (χ3v) is 2.38. The molecule has 0 amide bonds. The van der Waals surface area contributed by atoms with E-state index in [9.17, 15) is 0 Å². The van der Waals surface area contributed by atoms with Gasteiger partial charge in [-0.15, -0.1) is 0 Å². The Morgan fingerprint density at radius 2 is 1.94 bits per heavy atom. The largest absolute Gasteiger partial charge is 0.364 e. The highest BCUT2D eigenvalue weighted by atomic mass is 15.0. The van der Waals surface area contributed by atoms with Crippen LogP contribution in [0.5, 0.6) is 0 Å². The summed E-state index contributed by atoms with van der Waals surface area (Å²) < 4.78 is 0. The summed E-state index contributed by atoms with van der Waals surface area (Å²) in [5.41, 5.74) is 7.52. The summed E-state index contributed by atoms with van der Waals surface area (Å²) in [5.74, 6) is 0.863. The van der Waals surface area contributed by atoms with Crippen molar-refractivity contribution in [3.05, 3.63) is 54.0 Å². The Morgan fingerprint density at radius 1 is 1.06 bits per heavy atom. The van der Waals surface area contributed by atoms with Crippen LogP contribution in [0.2, 0.25) is 0 Å². The van der Waals surface area contributed by atoms with E-state index in [0.29, 0.717) is 13.1 Å². The molecule has 0 aliphatic carbocycles. The maximum absolute atomic E-state index is 5.51. The molecule has 0 bridgehead atoms. The molecule has 0 aliphatic heterocycles. The van der Waals surface area contributed by atoms with Crippen molar-refractivity contribution in [3.63, 3.8) is 0 Å². The Bertz CT molecular complexity index is 456. The molecule has 0 saturated heterocycles. The van der Waals surface area contributed by atoms with Gasteiger partial charge in [0.05, 0.1) is 12.2 Å². The van der Waals surface area contributed by atoms with Crippen molar-refractivity contribution in [3.8, 4) is 0 Å². The Morgan fingerprint density at radius 3 is 2.71 bits per heavy atom. The minimum atomic E-state index is 0.622. The molecule has 0 spiro atoms. The molecule has 0 aliphatic rings. The number of nitrogens with two attached hydrogens (primary N) is 1. The number of nitrogens with zero attached hydrogens (tertiary/aromatic N) is 2. The van der Waals surface area contributed by atoms with E-state index >= 15 is 0 Å². The SMILES string of the molecule is NCCc1cccc(NCc2ccccn2)n1. The Kier molecular flexibility index (Phi) is 4.05. The van der Waals surface area contributed by atoms with Gasteiger partial charge in [0.25, 0.3) is 0 Å². The van der Waals surface area contributed by atoms with E-state index in [1.807, 2.05) is 36.4 Å². The normalized spacial score (nSPS) is 10.2. The number of anilines is 1. The summed E-state index contributed by atoms with van der Waals surface area (Å²) in [6.45, 7) is 1.30. The van der Waals surface area contributed by atoms with Gasteiger partial charge in [-0.3, -0.25) is 4.98 Å². The predicted octanol–water partition coefficient (Wildman–Crippen LogP) is 1.59. The fraction of sp³-hybridized carbons (Fsp3) is 0.231. The number of nitrogens with one attached hydrogen (secondary N) is 1. The number of pyridine rings is 2. The third kappa shape index (κ3) is 3.53. The number of rotatable bonds is 5. The monoisotopic (exact) mass is 228 g/mol. The van der Waals surface area contributed by atoms with E-state index in [0.717, 1.165) is 23.6 Å². The maximum Gasteiger partial charge on any atom is 0.126 e. The van der Waals surface area contributed by atoms with Gasteiger partial charge < -0.3 is 11.1 Å². The molecule has 2 aromatic rings. The van der Waals surface area contributed by atoms with Gasteiger partial charge in [-0.2, -0.15) is 0 Å². The second-order valence-electron chi connectivity index (χ2n) is 3.73. The summed E-state index contributed by atoms with van der Waals surface area (Å²) >= 11 is 0. The van der Waals surface area contributed by atoms with Crippen LogP contribution in [-0.4, -0.2) is 16.5 Å². The van der Waals surface area contributed by atoms with E-state index < -0.39 is 0 Å². The molecule has 88 valence electrons. The molecular formula is C13H16N4. The number of aromatic nitrogens is 2. The van der Waals surface area contributed by atoms with Crippen LogP contribution < -0.4 is 11.1 Å². The molecule has 0 fully saturated rings. The fourth-order valence-corrected chi connectivity index (χ4v) is 1.55. The van der Waals surface area contributed by atoms with Crippen molar-refractivity contribution in [1.29, 1.82) is 0 Å². The van der Waals surface area contributed by atoms with Gasteiger partial charge in [0.15, 0.2) is 0 Å². The van der Waals surface area contributed by atoms with Gasteiger partial charge in [0.1, 0.15) is 5.82 Å². The second kappa shape index (κ2) is 5.96. The van der Waals surface area contributed by atoms with Crippen molar-refractivity contribution in [1.82, 2.24) is 9.97 Å². The van der Waals surface area contributed by atoms with Crippen molar-refractivity contribution in [2.45, 2.75) is 13.0 Å². The van der Waals surface area contributed by atoms with Crippen LogP contribution >= 0.6 is 0 Å². The van der Waals surface area contributed by atoms with E-state index in [1.165, 1.54) is 0 Å². The summed E-state index contributed by atoms with van der Waals surface area (Å²) in [7, 11) is 0. The first-order chi connectivity index (χ1) is 8.38. The fourth-order valence-electron chi connectivity index (χ4n) is 1.55. The van der Waals surface area contributed by atoms with Crippen molar-refractivity contribution < 1.29 is 0 Å². The highest BCUT2D eigenvalue weighted by Gasteiger charge is 1.97. The molecule has 4 heteroatoms. The lowest BCUT2D eigenvalue weighted by atomic mass is 10.2. The zero-order chi connectivity index (χ0) is 11.9. The highest BCUT2D eigenvalue weighted by molar-refractivity contribution is 5.35. The standard InChI is InChI=1S/C13H16N4/c14-8-7-11-5-3-6-13(17-11)16-10-12-4-1-2-9-15-12/h1-6,9H,7-8,10,14H2,(H,16,17). The van der Waals surface area contributed by atoms with E-state index in [4.69, 9.17) is 5.73 Å². The Labute approximate surface area is 101 Å². The molecule has 0 radical (unpaired) electrons. The quantitative estimate of drug-likeness (QED) is 0.815. The van der Waals surface area contributed by atoms with Gasteiger partial charge >= 0.3 is 0 Å². The molecule has 0 saturated carbocycles. The Hall–Kier alpha value is -1.94. The van der Waals surface area contributed by atoms with Gasteiger partial charge in [-0.05, 0) is 30.8 Å². The lowest BCUT2D eigenvalue weighted by molar-refractivity contribution is 0.918. The minimum Gasteiger partial charge on any atom is -0.364 e. The van der Waals surface area contributed by atoms with Crippen molar-refractivity contribution in [2.75, 3.05) is 11.9 Å². The molecule has 4 nitrogen and oxygen atoms in total. The average molecular weight is 228 g/mol. The average Bonchev–Trinajstić information content (AvgIpc) is 2.39. The number of hydrogen-bond donors (Lipinski definition) is 2. The smallest absolute Gasteiger partial charge is 0.126 e. The predicted molar refractivity (Wildman–Crippen MR) is 68.6 cm³/mol. The third-order valence-electron chi connectivity index (χ3n) is 2.38. The molecule has 2 heterocycles. The zero-order valence-corrected chi connectivity index (χ0v) is 9.63. The van der Waals surface area contributed by atoms with Gasteiger partial charge in [-0.25, -0.2) is 4.98 Å². The van der Waals surface area contributed by atoms with Crippen LogP contribution in [0.1, 0.15) is 11.4 Å². The lowest BCUT2D eigenvalue weighted by Gasteiger charge is -2.06. The van der Waals surface area contributed by atoms with E-state index in [1.54, 1.807) is 6.20 Å². The molecule has 17 heavy (non-hydrogen) atoms. The van der Waals surface area contributed by atoms with Gasteiger partial charge in [-0.1, -0.05) is 12.1 Å². The van der Waals surface area contributed by atoms with Crippen LogP contribution in [0.3, 0.4) is 0 Å². The second-order valence-corrected chi connectivity index (χ2v) is 3.73. The van der Waals surface area contributed by atoms with Crippen LogP contribution in [-0.2, 0) is 13.0 Å². The van der Waals surface area contributed by atoms with E-state index in [-0.39, 0.29) is 0 Å². The summed E-state index contributed by atoms with van der Waals surface area (Å²) in [6.07, 6.45) is 2.59. The summed E-state index contributed by atoms with van der Waals surface area (Å²) in [5, 5.41) is 3.25. The molecule has 2 rings (SSSR count).